The number of fused-ring (bicyclic) bond motifs is 1. The minimum Gasteiger partial charge on any atom is -0.302 e. The first-order valence-corrected chi connectivity index (χ1v) is 6.45. The van der Waals surface area contributed by atoms with Gasteiger partial charge in [0.25, 0.3) is 0 Å². The van der Waals surface area contributed by atoms with Crippen LogP contribution in [0, 0.1) is 0 Å². The summed E-state index contributed by atoms with van der Waals surface area (Å²) >= 11 is 0. The smallest absolute Gasteiger partial charge is 0.0702 e. The molecule has 1 unspecified atom stereocenters. The number of benzene rings is 1. The number of pyridine rings is 1. The van der Waals surface area contributed by atoms with Crippen LogP contribution in [0.5, 0.6) is 0 Å². The van der Waals surface area contributed by atoms with Crippen LogP contribution in [0.3, 0.4) is 0 Å². The van der Waals surface area contributed by atoms with Gasteiger partial charge in [-0.2, -0.15) is 0 Å². The fraction of sp³-hybridized carbons (Fsp3) is 0.400. The Balaban J connectivity index is 2.46. The summed E-state index contributed by atoms with van der Waals surface area (Å²) in [4.78, 5) is 6.51. The molecule has 0 aliphatic rings. The van der Waals surface area contributed by atoms with Crippen LogP contribution in [0.15, 0.2) is 36.5 Å². The van der Waals surface area contributed by atoms with Gasteiger partial charge in [0.15, 0.2) is 0 Å². The van der Waals surface area contributed by atoms with Crippen LogP contribution < -0.4 is 11.3 Å². The van der Waals surface area contributed by atoms with E-state index in [0.29, 0.717) is 0 Å². The lowest BCUT2D eigenvalue weighted by Crippen LogP contribution is -2.51. The third-order valence-electron chi connectivity index (χ3n) is 3.99. The summed E-state index contributed by atoms with van der Waals surface area (Å²) in [6.45, 7) is 4.34. The molecule has 1 aromatic heterocycles. The van der Waals surface area contributed by atoms with Crippen LogP contribution >= 0.6 is 0 Å². The first kappa shape index (κ1) is 13.9. The molecule has 0 aliphatic carbocycles. The Morgan fingerprint density at radius 3 is 2.63 bits per heavy atom. The Morgan fingerprint density at radius 1 is 1.26 bits per heavy atom. The fourth-order valence-electron chi connectivity index (χ4n) is 2.24. The molecule has 0 amide bonds. The van der Waals surface area contributed by atoms with E-state index in [2.05, 4.69) is 61.5 Å². The monoisotopic (exact) mass is 258 g/mol. The van der Waals surface area contributed by atoms with Gasteiger partial charge in [0.05, 0.1) is 11.6 Å². The van der Waals surface area contributed by atoms with E-state index < -0.39 is 0 Å². The molecule has 0 saturated heterocycles. The van der Waals surface area contributed by atoms with Crippen molar-refractivity contribution in [2.45, 2.75) is 25.4 Å². The van der Waals surface area contributed by atoms with Crippen LogP contribution in [0.4, 0.5) is 0 Å². The van der Waals surface area contributed by atoms with Crippen molar-refractivity contribution in [3.8, 4) is 0 Å². The molecule has 4 heteroatoms. The molecule has 0 aliphatic heterocycles. The van der Waals surface area contributed by atoms with Gasteiger partial charge in [-0.3, -0.25) is 16.3 Å². The molecule has 0 spiro atoms. The highest BCUT2D eigenvalue weighted by atomic mass is 15.3. The molecule has 1 aromatic carbocycles. The minimum absolute atomic E-state index is 0.0482. The number of rotatable bonds is 4. The summed E-state index contributed by atoms with van der Waals surface area (Å²) in [6, 6.07) is 10.4. The molecule has 0 radical (unpaired) electrons. The van der Waals surface area contributed by atoms with Gasteiger partial charge < -0.3 is 4.90 Å². The zero-order valence-corrected chi connectivity index (χ0v) is 12.0. The zero-order chi connectivity index (χ0) is 14.0. The number of aromatic nitrogens is 1. The van der Waals surface area contributed by atoms with Gasteiger partial charge in [-0.05, 0) is 51.7 Å². The topological polar surface area (TPSA) is 54.2 Å². The van der Waals surface area contributed by atoms with Crippen LogP contribution in [0.1, 0.15) is 25.5 Å². The van der Waals surface area contributed by atoms with E-state index in [-0.39, 0.29) is 11.6 Å². The van der Waals surface area contributed by atoms with Gasteiger partial charge in [-0.1, -0.05) is 12.1 Å². The molecular weight excluding hydrogens is 236 g/mol. The van der Waals surface area contributed by atoms with Gasteiger partial charge in [-0.25, -0.2) is 0 Å². The standard InChI is InChI=1S/C15H22N4/c1-15(2,19(3)4)14(18-16)12-7-8-13-11(10-12)6-5-9-17-13/h5-10,14,18H,16H2,1-4H3. The lowest BCUT2D eigenvalue weighted by Gasteiger charge is -2.40. The second kappa shape index (κ2) is 5.25. The molecule has 4 nitrogen and oxygen atoms in total. The minimum atomic E-state index is -0.0926. The first-order valence-electron chi connectivity index (χ1n) is 6.45. The molecule has 1 atom stereocenters. The Morgan fingerprint density at radius 2 is 2.00 bits per heavy atom. The second-order valence-corrected chi connectivity index (χ2v) is 5.60. The van der Waals surface area contributed by atoms with Crippen LogP contribution in [0.25, 0.3) is 10.9 Å². The predicted octanol–water partition coefficient (Wildman–Crippen LogP) is 2.08. The van der Waals surface area contributed by atoms with Crippen molar-refractivity contribution < 1.29 is 0 Å². The van der Waals surface area contributed by atoms with Crippen LogP contribution in [-0.4, -0.2) is 29.5 Å². The third-order valence-corrected chi connectivity index (χ3v) is 3.99. The fourth-order valence-corrected chi connectivity index (χ4v) is 2.24. The Hall–Kier alpha value is -1.49. The van der Waals surface area contributed by atoms with Gasteiger partial charge in [0.2, 0.25) is 0 Å². The normalized spacial score (nSPS) is 14.0. The van der Waals surface area contributed by atoms with Crippen molar-refractivity contribution in [3.05, 3.63) is 42.1 Å². The molecule has 0 saturated carbocycles. The number of hydrogen-bond acceptors (Lipinski definition) is 4. The van der Waals surface area contributed by atoms with E-state index in [1.54, 1.807) is 0 Å². The van der Waals surface area contributed by atoms with Crippen LogP contribution in [-0.2, 0) is 0 Å². The lowest BCUT2D eigenvalue weighted by molar-refractivity contribution is 0.138. The van der Waals surface area contributed by atoms with E-state index in [0.717, 1.165) is 10.9 Å². The molecule has 102 valence electrons. The van der Waals surface area contributed by atoms with E-state index in [1.165, 1.54) is 5.56 Å². The van der Waals surface area contributed by atoms with Crippen molar-refractivity contribution >= 4 is 10.9 Å². The van der Waals surface area contributed by atoms with Crippen molar-refractivity contribution in [2.75, 3.05) is 14.1 Å². The maximum absolute atomic E-state index is 5.78. The third kappa shape index (κ3) is 2.61. The lowest BCUT2D eigenvalue weighted by atomic mass is 9.87. The summed E-state index contributed by atoms with van der Waals surface area (Å²) in [5.74, 6) is 5.78. The number of nitrogens with zero attached hydrogens (tertiary/aromatic N) is 2. The highest BCUT2D eigenvalue weighted by molar-refractivity contribution is 5.79. The number of hydrazine groups is 1. The SMILES string of the molecule is CN(C)C(C)(C)C(NN)c1ccc2ncccc2c1. The molecule has 0 fully saturated rings. The number of nitrogens with one attached hydrogen (secondary N) is 1. The van der Waals surface area contributed by atoms with Crippen LogP contribution in [0.2, 0.25) is 0 Å². The first-order chi connectivity index (χ1) is 8.96. The van der Waals surface area contributed by atoms with E-state index in [1.807, 2.05) is 18.3 Å². The summed E-state index contributed by atoms with van der Waals surface area (Å²) in [6.07, 6.45) is 1.81. The highest BCUT2D eigenvalue weighted by Gasteiger charge is 2.32. The molecule has 1 heterocycles. The van der Waals surface area contributed by atoms with Crippen molar-refractivity contribution in [1.82, 2.24) is 15.3 Å². The number of hydrogen-bond donors (Lipinski definition) is 2. The molecule has 3 N–H and O–H groups in total. The summed E-state index contributed by atoms with van der Waals surface area (Å²) in [5.41, 5.74) is 5.02. The molecule has 0 bridgehead atoms. The zero-order valence-electron chi connectivity index (χ0n) is 12.0. The van der Waals surface area contributed by atoms with Crippen molar-refractivity contribution in [3.63, 3.8) is 0 Å². The maximum atomic E-state index is 5.78. The molecule has 2 aromatic rings. The second-order valence-electron chi connectivity index (χ2n) is 5.60. The largest absolute Gasteiger partial charge is 0.302 e. The Bertz CT molecular complexity index is 563. The van der Waals surface area contributed by atoms with Gasteiger partial charge >= 0.3 is 0 Å². The van der Waals surface area contributed by atoms with E-state index in [9.17, 15) is 0 Å². The molecule has 19 heavy (non-hydrogen) atoms. The highest BCUT2D eigenvalue weighted by Crippen LogP contribution is 2.30. The average Bonchev–Trinajstić information content (AvgIpc) is 2.39. The molecular formula is C15H22N4. The van der Waals surface area contributed by atoms with Gasteiger partial charge in [0, 0.05) is 17.1 Å². The number of likely N-dealkylation sites (N-methyl/N-ethyl adjacent to an activating group) is 1. The van der Waals surface area contributed by atoms with E-state index >= 15 is 0 Å². The quantitative estimate of drug-likeness (QED) is 0.651. The maximum Gasteiger partial charge on any atom is 0.0702 e. The van der Waals surface area contributed by atoms with Crippen molar-refractivity contribution in [1.29, 1.82) is 0 Å². The molecule has 2 rings (SSSR count). The average molecular weight is 258 g/mol. The van der Waals surface area contributed by atoms with Crippen molar-refractivity contribution in [2.24, 2.45) is 5.84 Å². The van der Waals surface area contributed by atoms with E-state index in [4.69, 9.17) is 5.84 Å². The van der Waals surface area contributed by atoms with Gasteiger partial charge in [-0.15, -0.1) is 0 Å². The summed E-state index contributed by atoms with van der Waals surface area (Å²) in [7, 11) is 4.12. The number of nitrogens with two attached hydrogens (primary N) is 1. The van der Waals surface area contributed by atoms with Gasteiger partial charge in [0.1, 0.15) is 0 Å². The Kier molecular flexibility index (Phi) is 3.85. The predicted molar refractivity (Wildman–Crippen MR) is 79.6 cm³/mol. The summed E-state index contributed by atoms with van der Waals surface area (Å²) in [5, 5.41) is 1.13. The summed E-state index contributed by atoms with van der Waals surface area (Å²) < 4.78 is 0. The Labute approximate surface area is 114 Å².